The van der Waals surface area contributed by atoms with E-state index in [9.17, 15) is 9.59 Å². The van der Waals surface area contributed by atoms with E-state index in [0.29, 0.717) is 11.7 Å². The van der Waals surface area contributed by atoms with Gasteiger partial charge in [-0.05, 0) is 54.7 Å². The van der Waals surface area contributed by atoms with Crippen molar-refractivity contribution in [1.82, 2.24) is 20.2 Å². The lowest BCUT2D eigenvalue weighted by atomic mass is 9.77. The molecule has 31 heavy (non-hydrogen) atoms. The van der Waals surface area contributed by atoms with Gasteiger partial charge in [0, 0.05) is 19.0 Å². The molecule has 1 fully saturated rings. The van der Waals surface area contributed by atoms with Crippen LogP contribution in [0.1, 0.15) is 59.8 Å². The molecule has 0 radical (unpaired) electrons. The van der Waals surface area contributed by atoms with Crippen molar-refractivity contribution in [3.63, 3.8) is 0 Å². The van der Waals surface area contributed by atoms with Crippen LogP contribution in [0.3, 0.4) is 0 Å². The quantitative estimate of drug-likeness (QED) is 0.522. The normalized spacial score (nSPS) is 18.5. The second kappa shape index (κ2) is 9.46. The van der Waals surface area contributed by atoms with Crippen molar-refractivity contribution in [2.24, 2.45) is 5.92 Å². The number of aromatic nitrogens is 4. The summed E-state index contributed by atoms with van der Waals surface area (Å²) in [6.45, 7) is 0. The van der Waals surface area contributed by atoms with Crippen molar-refractivity contribution in [2.45, 2.75) is 44.4 Å². The first kappa shape index (κ1) is 20.6. The van der Waals surface area contributed by atoms with Gasteiger partial charge >= 0.3 is 12.0 Å². The van der Waals surface area contributed by atoms with Crippen molar-refractivity contribution in [3.8, 4) is 0 Å². The number of anilines is 2. The second-order valence-corrected chi connectivity index (χ2v) is 7.79. The van der Waals surface area contributed by atoms with Gasteiger partial charge < -0.3 is 9.52 Å². The van der Waals surface area contributed by atoms with Crippen LogP contribution in [0.2, 0.25) is 0 Å². The average Bonchev–Trinajstić information content (AvgIpc) is 3.24. The molecule has 0 bridgehead atoms. The number of carboxylic acid groups (broad SMARTS) is 1. The maximum absolute atomic E-state index is 12.5. The van der Waals surface area contributed by atoms with Crippen LogP contribution in [-0.2, 0) is 11.2 Å². The molecular weight excluding hydrogens is 398 g/mol. The molecule has 9 nitrogen and oxygen atoms in total. The van der Waals surface area contributed by atoms with Gasteiger partial charge in [0.25, 0.3) is 5.89 Å². The van der Waals surface area contributed by atoms with Gasteiger partial charge in [-0.25, -0.2) is 9.97 Å². The van der Waals surface area contributed by atoms with Crippen molar-refractivity contribution in [1.29, 1.82) is 0 Å². The first-order valence-electron chi connectivity index (χ1n) is 10.3. The lowest BCUT2D eigenvalue weighted by Crippen LogP contribution is -2.16. The highest BCUT2D eigenvalue weighted by atomic mass is 16.4. The zero-order valence-corrected chi connectivity index (χ0v) is 16.9. The van der Waals surface area contributed by atoms with Crippen LogP contribution in [0.15, 0.2) is 47.3 Å². The Balaban J connectivity index is 1.31. The Kier molecular flexibility index (Phi) is 6.30. The summed E-state index contributed by atoms with van der Waals surface area (Å²) in [6.07, 6.45) is 7.28. The highest BCUT2D eigenvalue weighted by Crippen LogP contribution is 2.37. The molecule has 0 aliphatic heterocycles. The maximum atomic E-state index is 12.5. The van der Waals surface area contributed by atoms with Gasteiger partial charge in [-0.3, -0.25) is 14.9 Å². The molecule has 0 amide bonds. The lowest BCUT2D eigenvalue weighted by molar-refractivity contribution is -0.138. The molecular formula is C22H23N5O4. The standard InChI is InChI=1S/C22H23N5O4/c28-18(21-26-27-22(31-21)25-19-9-10-23-13-24-19)11-14-1-5-16(6-2-14)17-7-3-15(4-8-17)12-20(29)30/h1-2,5-6,9-10,13,15,17H,3-4,7-8,11-12H2,(H,29,30)(H,23,24,25,27). The molecule has 9 heteroatoms. The summed E-state index contributed by atoms with van der Waals surface area (Å²) in [5.41, 5.74) is 2.11. The zero-order valence-electron chi connectivity index (χ0n) is 16.9. The Morgan fingerprint density at radius 3 is 2.52 bits per heavy atom. The Hall–Kier alpha value is -3.62. The minimum atomic E-state index is -0.712. The molecule has 2 aromatic heterocycles. The number of ketones is 1. The lowest BCUT2D eigenvalue weighted by Gasteiger charge is -2.28. The summed E-state index contributed by atoms with van der Waals surface area (Å²) in [5.74, 6) is 0.193. The Morgan fingerprint density at radius 1 is 1.06 bits per heavy atom. The number of carbonyl (C=O) groups excluding carboxylic acids is 1. The Bertz CT molecular complexity index is 1030. The minimum Gasteiger partial charge on any atom is -0.481 e. The number of Topliss-reactive ketones (excluding diaryl/α,β-unsaturated/α-hetero) is 1. The summed E-state index contributed by atoms with van der Waals surface area (Å²) in [6, 6.07) is 9.75. The summed E-state index contributed by atoms with van der Waals surface area (Å²) in [7, 11) is 0. The molecule has 1 aromatic carbocycles. The van der Waals surface area contributed by atoms with Crippen molar-refractivity contribution in [3.05, 3.63) is 59.9 Å². The number of hydrogen-bond acceptors (Lipinski definition) is 8. The van der Waals surface area contributed by atoms with Crippen LogP contribution in [0.4, 0.5) is 11.8 Å². The molecule has 1 aliphatic carbocycles. The number of carbonyl (C=O) groups is 2. The molecule has 160 valence electrons. The Labute approximate surface area is 178 Å². The van der Waals surface area contributed by atoms with E-state index in [-0.39, 0.29) is 36.4 Å². The highest BCUT2D eigenvalue weighted by Gasteiger charge is 2.24. The first-order valence-corrected chi connectivity index (χ1v) is 10.3. The fourth-order valence-corrected chi connectivity index (χ4v) is 3.98. The van der Waals surface area contributed by atoms with E-state index >= 15 is 0 Å². The molecule has 0 saturated heterocycles. The van der Waals surface area contributed by atoms with E-state index in [2.05, 4.69) is 37.6 Å². The van der Waals surface area contributed by atoms with Crippen molar-refractivity contribution in [2.75, 3.05) is 5.32 Å². The fraction of sp³-hybridized carbons (Fsp3) is 0.364. The van der Waals surface area contributed by atoms with Crippen LogP contribution >= 0.6 is 0 Å². The summed E-state index contributed by atoms with van der Waals surface area (Å²) in [5, 5.41) is 19.4. The van der Waals surface area contributed by atoms with Gasteiger partial charge in [0.1, 0.15) is 12.1 Å². The summed E-state index contributed by atoms with van der Waals surface area (Å²) >= 11 is 0. The third kappa shape index (κ3) is 5.50. The first-order chi connectivity index (χ1) is 15.1. The van der Waals surface area contributed by atoms with Crippen molar-refractivity contribution < 1.29 is 19.1 Å². The summed E-state index contributed by atoms with van der Waals surface area (Å²) < 4.78 is 5.39. The fourth-order valence-electron chi connectivity index (χ4n) is 3.98. The molecule has 2 N–H and O–H groups in total. The third-order valence-electron chi connectivity index (χ3n) is 5.61. The molecule has 1 aliphatic rings. The Morgan fingerprint density at radius 2 is 1.84 bits per heavy atom. The van der Waals surface area contributed by atoms with Gasteiger partial charge in [-0.1, -0.05) is 29.4 Å². The SMILES string of the molecule is O=C(O)CC1CCC(c2ccc(CC(=O)c3nnc(Nc4ccncn4)o3)cc2)CC1. The van der Waals surface area contributed by atoms with Gasteiger partial charge in [-0.2, -0.15) is 0 Å². The highest BCUT2D eigenvalue weighted by molar-refractivity contribution is 5.93. The van der Waals surface area contributed by atoms with Crippen LogP contribution < -0.4 is 5.32 Å². The van der Waals surface area contributed by atoms with E-state index in [0.717, 1.165) is 31.2 Å². The smallest absolute Gasteiger partial charge is 0.321 e. The van der Waals surface area contributed by atoms with Gasteiger partial charge in [0.15, 0.2) is 0 Å². The monoisotopic (exact) mass is 421 g/mol. The topological polar surface area (TPSA) is 131 Å². The predicted molar refractivity (Wildman–Crippen MR) is 111 cm³/mol. The summed E-state index contributed by atoms with van der Waals surface area (Å²) in [4.78, 5) is 31.2. The zero-order chi connectivity index (χ0) is 21.6. The van der Waals surface area contributed by atoms with E-state index in [1.165, 1.54) is 11.9 Å². The van der Waals surface area contributed by atoms with Crippen LogP contribution in [0, 0.1) is 5.92 Å². The molecule has 0 atom stereocenters. The van der Waals surface area contributed by atoms with E-state index in [1.807, 2.05) is 12.1 Å². The van der Waals surface area contributed by atoms with Crippen LogP contribution in [-0.4, -0.2) is 37.0 Å². The van der Waals surface area contributed by atoms with Gasteiger partial charge in [0.2, 0.25) is 5.78 Å². The minimum absolute atomic E-state index is 0.0580. The molecule has 1 saturated carbocycles. The van der Waals surface area contributed by atoms with Gasteiger partial charge in [0.05, 0.1) is 0 Å². The number of nitrogens with zero attached hydrogens (tertiary/aromatic N) is 4. The molecule has 3 aromatic rings. The largest absolute Gasteiger partial charge is 0.481 e. The number of aliphatic carboxylic acids is 1. The van der Waals surface area contributed by atoms with E-state index in [4.69, 9.17) is 9.52 Å². The third-order valence-corrected chi connectivity index (χ3v) is 5.61. The predicted octanol–water partition coefficient (Wildman–Crippen LogP) is 3.78. The number of benzene rings is 1. The van der Waals surface area contributed by atoms with Crippen LogP contribution in [0.25, 0.3) is 0 Å². The number of carboxylic acids is 1. The molecule has 4 rings (SSSR count). The number of rotatable bonds is 8. The van der Waals surface area contributed by atoms with Crippen LogP contribution in [0.5, 0.6) is 0 Å². The van der Waals surface area contributed by atoms with Gasteiger partial charge in [-0.15, -0.1) is 5.10 Å². The molecule has 0 unspecified atom stereocenters. The number of hydrogen-bond donors (Lipinski definition) is 2. The van der Waals surface area contributed by atoms with E-state index in [1.54, 1.807) is 12.3 Å². The average molecular weight is 421 g/mol. The maximum Gasteiger partial charge on any atom is 0.321 e. The van der Waals surface area contributed by atoms with E-state index < -0.39 is 5.97 Å². The number of nitrogens with one attached hydrogen (secondary N) is 1. The second-order valence-electron chi connectivity index (χ2n) is 7.79. The molecule has 0 spiro atoms. The van der Waals surface area contributed by atoms with Crippen molar-refractivity contribution >= 4 is 23.6 Å². The molecule has 2 heterocycles.